The normalized spacial score (nSPS) is 22.2. The summed E-state index contributed by atoms with van der Waals surface area (Å²) in [5.41, 5.74) is -4.40. The van der Waals surface area contributed by atoms with Crippen molar-refractivity contribution in [3.63, 3.8) is 0 Å². The molecule has 0 aliphatic heterocycles. The molecule has 0 radical (unpaired) electrons. The smallest absolute Gasteiger partial charge is 0.419 e. The first-order valence-electron chi connectivity index (χ1n) is 10.2. The van der Waals surface area contributed by atoms with E-state index in [1.165, 1.54) is 58.5 Å². The van der Waals surface area contributed by atoms with E-state index in [-0.39, 0.29) is 28.0 Å². The van der Waals surface area contributed by atoms with Crippen LogP contribution in [0.15, 0.2) is 41.3 Å². The number of rotatable bonds is 3. The fourth-order valence-corrected chi connectivity index (χ4v) is 4.84. The molecule has 0 fully saturated rings. The number of nitrogens with one attached hydrogen (secondary N) is 1. The third-order valence-electron chi connectivity index (χ3n) is 6.30. The van der Waals surface area contributed by atoms with Crippen molar-refractivity contribution in [2.75, 3.05) is 12.4 Å². The van der Waals surface area contributed by atoms with Gasteiger partial charge < -0.3 is 15.2 Å². The van der Waals surface area contributed by atoms with E-state index in [1.807, 2.05) is 0 Å². The number of ether oxygens (including phenoxy) is 1. The summed E-state index contributed by atoms with van der Waals surface area (Å²) in [5, 5.41) is 18.4. The highest BCUT2D eigenvalue weighted by molar-refractivity contribution is 5.92. The van der Waals surface area contributed by atoms with E-state index in [0.29, 0.717) is 5.39 Å². The maximum atomic E-state index is 14.5. The lowest BCUT2D eigenvalue weighted by molar-refractivity contribution is -0.275. The van der Waals surface area contributed by atoms with Gasteiger partial charge in [-0.05, 0) is 35.6 Å². The van der Waals surface area contributed by atoms with Gasteiger partial charge in [0.25, 0.3) is 5.56 Å². The number of halogens is 4. The van der Waals surface area contributed by atoms with E-state index in [9.17, 15) is 27.5 Å². The average Bonchev–Trinajstić information content (AvgIpc) is 2.72. The second kappa shape index (κ2) is 7.44. The monoisotopic (exact) mass is 465 g/mol. The van der Waals surface area contributed by atoms with Crippen LogP contribution in [0.25, 0.3) is 10.8 Å². The lowest BCUT2D eigenvalue weighted by Gasteiger charge is -2.49. The Balaban J connectivity index is 1.99. The third-order valence-corrected chi connectivity index (χ3v) is 6.30. The minimum atomic E-state index is -5.01. The van der Waals surface area contributed by atoms with Gasteiger partial charge in [0, 0.05) is 23.7 Å². The maximum Gasteiger partial charge on any atom is 0.419 e. The van der Waals surface area contributed by atoms with Crippen molar-refractivity contribution in [2.24, 2.45) is 7.05 Å². The number of anilines is 1. The fraction of sp³-hybridized carbons (Fsp3) is 0.391. The molecule has 0 spiro atoms. The molecule has 2 aromatic carbocycles. The molecule has 6 nitrogen and oxygen atoms in total. The van der Waals surface area contributed by atoms with Gasteiger partial charge in [-0.25, -0.2) is 9.07 Å². The zero-order valence-electron chi connectivity index (χ0n) is 18.4. The van der Waals surface area contributed by atoms with E-state index in [0.717, 1.165) is 10.7 Å². The summed E-state index contributed by atoms with van der Waals surface area (Å²) in [4.78, 5) is 12.4. The highest BCUT2D eigenvalue weighted by atomic mass is 19.4. The fourth-order valence-electron chi connectivity index (χ4n) is 4.84. The first-order chi connectivity index (χ1) is 15.3. The van der Waals surface area contributed by atoms with Crippen LogP contribution in [0.2, 0.25) is 0 Å². The molecule has 3 aromatic rings. The second-order valence-electron chi connectivity index (χ2n) is 8.95. The molecule has 2 atom stereocenters. The molecule has 0 amide bonds. The molecule has 10 heteroatoms. The summed E-state index contributed by atoms with van der Waals surface area (Å²) in [7, 11) is 2.71. The van der Waals surface area contributed by atoms with Crippen LogP contribution in [-0.4, -0.2) is 33.8 Å². The van der Waals surface area contributed by atoms with Crippen molar-refractivity contribution in [3.05, 3.63) is 63.8 Å². The molecule has 0 saturated carbocycles. The Kier molecular flexibility index (Phi) is 5.19. The van der Waals surface area contributed by atoms with Crippen LogP contribution in [0.1, 0.15) is 37.4 Å². The summed E-state index contributed by atoms with van der Waals surface area (Å²) in [5.74, 6) is -0.875. The van der Waals surface area contributed by atoms with Crippen LogP contribution in [0, 0.1) is 5.82 Å². The number of alkyl halides is 3. The number of aryl methyl sites for hydroxylation is 1. The van der Waals surface area contributed by atoms with Crippen LogP contribution in [0.4, 0.5) is 23.2 Å². The lowest BCUT2D eigenvalue weighted by atomic mass is 9.63. The molecule has 2 N–H and O–H groups in total. The summed E-state index contributed by atoms with van der Waals surface area (Å²) < 4.78 is 63.9. The van der Waals surface area contributed by atoms with Gasteiger partial charge in [-0.15, -0.1) is 0 Å². The second-order valence-corrected chi connectivity index (χ2v) is 8.95. The SMILES string of the molecule is COc1c(F)ccc2c1C(C)(C)CC(O)(C(F)(F)F)C2Nc1cccc2c(=O)n(C)ncc12. The van der Waals surface area contributed by atoms with E-state index in [1.54, 1.807) is 0 Å². The zero-order valence-corrected chi connectivity index (χ0v) is 18.4. The Hall–Kier alpha value is -3.14. The molecule has 176 valence electrons. The Morgan fingerprint density at radius 3 is 2.55 bits per heavy atom. The van der Waals surface area contributed by atoms with Gasteiger partial charge in [-0.2, -0.15) is 18.3 Å². The van der Waals surface area contributed by atoms with Crippen LogP contribution in [0.3, 0.4) is 0 Å². The molecule has 4 rings (SSSR count). The van der Waals surface area contributed by atoms with Gasteiger partial charge >= 0.3 is 6.18 Å². The van der Waals surface area contributed by atoms with Gasteiger partial charge in [0.05, 0.1) is 24.7 Å². The Labute approximate surface area is 186 Å². The van der Waals surface area contributed by atoms with Crippen molar-refractivity contribution < 1.29 is 27.4 Å². The van der Waals surface area contributed by atoms with Gasteiger partial charge in [0.1, 0.15) is 0 Å². The number of nitrogens with zero attached hydrogens (tertiary/aromatic N) is 2. The number of hydrogen-bond donors (Lipinski definition) is 2. The Morgan fingerprint density at radius 2 is 1.91 bits per heavy atom. The number of aromatic nitrogens is 2. The molecular formula is C23H23F4N3O3. The van der Waals surface area contributed by atoms with E-state index < -0.39 is 41.0 Å². The predicted octanol–water partition coefficient (Wildman–Crippen LogP) is 4.21. The molecule has 2 unspecified atom stereocenters. The molecule has 1 aliphatic carbocycles. The van der Waals surface area contributed by atoms with Crippen LogP contribution in [0.5, 0.6) is 5.75 Å². The van der Waals surface area contributed by atoms with Crippen LogP contribution >= 0.6 is 0 Å². The topological polar surface area (TPSA) is 76.4 Å². The molecule has 1 aliphatic rings. The van der Waals surface area contributed by atoms with E-state index >= 15 is 0 Å². The number of fused-ring (bicyclic) bond motifs is 2. The van der Waals surface area contributed by atoms with Gasteiger partial charge in [0.2, 0.25) is 0 Å². The summed E-state index contributed by atoms with van der Waals surface area (Å²) in [6.45, 7) is 3.01. The number of aliphatic hydroxyl groups is 1. The predicted molar refractivity (Wildman–Crippen MR) is 115 cm³/mol. The number of hydrogen-bond acceptors (Lipinski definition) is 5. The summed E-state index contributed by atoms with van der Waals surface area (Å²) in [6, 6.07) is 5.11. The molecule has 0 bridgehead atoms. The highest BCUT2D eigenvalue weighted by Crippen LogP contribution is 2.56. The van der Waals surface area contributed by atoms with Crippen molar-refractivity contribution >= 4 is 16.5 Å². The average molecular weight is 465 g/mol. The van der Waals surface area contributed by atoms with Gasteiger partial charge in [-0.3, -0.25) is 4.79 Å². The first-order valence-corrected chi connectivity index (χ1v) is 10.2. The minimum Gasteiger partial charge on any atom is -0.493 e. The maximum absolute atomic E-state index is 14.5. The molecule has 0 saturated heterocycles. The molecule has 1 heterocycles. The first kappa shape index (κ1) is 23.0. The van der Waals surface area contributed by atoms with Crippen molar-refractivity contribution in [2.45, 2.75) is 43.5 Å². The Morgan fingerprint density at radius 1 is 1.21 bits per heavy atom. The lowest BCUT2D eigenvalue weighted by Crippen LogP contribution is -2.58. The van der Waals surface area contributed by atoms with Crippen molar-refractivity contribution in [1.82, 2.24) is 9.78 Å². The van der Waals surface area contributed by atoms with Gasteiger partial charge in [-0.1, -0.05) is 26.0 Å². The van der Waals surface area contributed by atoms with E-state index in [2.05, 4.69) is 10.4 Å². The van der Waals surface area contributed by atoms with Gasteiger partial charge in [0.15, 0.2) is 17.2 Å². The standard InChI is InChI=1S/C23H23F4N3O3/c1-21(2)11-22(32,23(25,26)27)19(13-8-9-15(24)18(33-4)17(13)21)29-16-7-5-6-12-14(16)10-28-30(3)20(12)31/h5-10,19,29,32H,11H2,1-4H3. The number of benzene rings is 2. The molecular weight excluding hydrogens is 442 g/mol. The van der Waals surface area contributed by atoms with Crippen molar-refractivity contribution in [3.8, 4) is 5.75 Å². The van der Waals surface area contributed by atoms with Crippen LogP contribution in [-0.2, 0) is 12.5 Å². The molecule has 1 aromatic heterocycles. The number of methoxy groups -OCH3 is 1. The van der Waals surface area contributed by atoms with Crippen molar-refractivity contribution in [1.29, 1.82) is 0 Å². The largest absolute Gasteiger partial charge is 0.493 e. The Bertz CT molecular complexity index is 1300. The van der Waals surface area contributed by atoms with E-state index in [4.69, 9.17) is 4.74 Å². The summed E-state index contributed by atoms with van der Waals surface area (Å²) >= 11 is 0. The minimum absolute atomic E-state index is 0.0538. The molecule has 33 heavy (non-hydrogen) atoms. The third kappa shape index (κ3) is 3.43. The highest BCUT2D eigenvalue weighted by Gasteiger charge is 2.64. The van der Waals surface area contributed by atoms with Crippen LogP contribution < -0.4 is 15.6 Å². The summed E-state index contributed by atoms with van der Waals surface area (Å²) in [6.07, 6.45) is -4.39. The zero-order chi connectivity index (χ0) is 24.3. The quantitative estimate of drug-likeness (QED) is 0.567.